The van der Waals surface area contributed by atoms with Crippen LogP contribution in [0.4, 0.5) is 0 Å². The predicted molar refractivity (Wildman–Crippen MR) is 90.4 cm³/mol. The summed E-state index contributed by atoms with van der Waals surface area (Å²) < 4.78 is 5.37. The van der Waals surface area contributed by atoms with Crippen LogP contribution < -0.4 is 0 Å². The molecule has 1 saturated heterocycles. The van der Waals surface area contributed by atoms with Crippen LogP contribution >= 0.6 is 0 Å². The van der Waals surface area contributed by atoms with Gasteiger partial charge in [0.15, 0.2) is 0 Å². The third-order valence-electron chi connectivity index (χ3n) is 4.03. The van der Waals surface area contributed by atoms with E-state index in [0.717, 1.165) is 38.4 Å². The molecule has 0 radical (unpaired) electrons. The van der Waals surface area contributed by atoms with Crippen molar-refractivity contribution in [3.63, 3.8) is 0 Å². The van der Waals surface area contributed by atoms with E-state index in [0.29, 0.717) is 12.1 Å². The van der Waals surface area contributed by atoms with E-state index in [1.807, 2.05) is 32.0 Å². The van der Waals surface area contributed by atoms with Gasteiger partial charge in [0.25, 0.3) is 5.91 Å². The van der Waals surface area contributed by atoms with Gasteiger partial charge in [-0.2, -0.15) is 0 Å². The van der Waals surface area contributed by atoms with E-state index in [1.165, 1.54) is 0 Å². The molecule has 1 amide bonds. The van der Waals surface area contributed by atoms with Gasteiger partial charge in [0.05, 0.1) is 19.3 Å². The van der Waals surface area contributed by atoms with E-state index in [2.05, 4.69) is 11.0 Å². The van der Waals surface area contributed by atoms with Crippen LogP contribution in [0.5, 0.6) is 0 Å². The monoisotopic (exact) mass is 320 g/mol. The highest BCUT2D eigenvalue weighted by atomic mass is 16.5. The molecule has 2 rings (SSSR count). The SMILES string of the molecule is CC(O)CN(C(=O)c1cccc(CN2CCOCC2)c1)C(C)C. The molecule has 1 aromatic carbocycles. The van der Waals surface area contributed by atoms with Gasteiger partial charge in [-0.15, -0.1) is 0 Å². The molecule has 0 aliphatic carbocycles. The molecule has 0 bridgehead atoms. The summed E-state index contributed by atoms with van der Waals surface area (Å²) in [6.45, 7) is 10.2. The van der Waals surface area contributed by atoms with Crippen molar-refractivity contribution < 1.29 is 14.6 Å². The van der Waals surface area contributed by atoms with E-state index >= 15 is 0 Å². The number of ether oxygens (including phenoxy) is 1. The molecule has 1 N–H and O–H groups in total. The highest BCUT2D eigenvalue weighted by Crippen LogP contribution is 2.14. The zero-order valence-corrected chi connectivity index (χ0v) is 14.4. The minimum atomic E-state index is -0.530. The highest BCUT2D eigenvalue weighted by Gasteiger charge is 2.20. The van der Waals surface area contributed by atoms with Crippen LogP contribution in [-0.4, -0.2) is 65.8 Å². The molecule has 1 heterocycles. The third-order valence-corrected chi connectivity index (χ3v) is 4.03. The average Bonchev–Trinajstić information content (AvgIpc) is 2.53. The number of amides is 1. The van der Waals surface area contributed by atoms with Gasteiger partial charge >= 0.3 is 0 Å². The summed E-state index contributed by atoms with van der Waals surface area (Å²) >= 11 is 0. The van der Waals surface area contributed by atoms with Crippen molar-refractivity contribution >= 4 is 5.91 Å². The zero-order valence-electron chi connectivity index (χ0n) is 14.4. The van der Waals surface area contributed by atoms with Crippen LogP contribution in [0.25, 0.3) is 0 Å². The largest absolute Gasteiger partial charge is 0.392 e. The van der Waals surface area contributed by atoms with Crippen molar-refractivity contribution in [2.24, 2.45) is 0 Å². The van der Waals surface area contributed by atoms with Crippen LogP contribution in [0.1, 0.15) is 36.7 Å². The Hall–Kier alpha value is -1.43. The number of morpholine rings is 1. The topological polar surface area (TPSA) is 53.0 Å². The van der Waals surface area contributed by atoms with Crippen LogP contribution in [0, 0.1) is 0 Å². The van der Waals surface area contributed by atoms with Crippen molar-refractivity contribution in [1.82, 2.24) is 9.80 Å². The van der Waals surface area contributed by atoms with Gasteiger partial charge < -0.3 is 14.7 Å². The van der Waals surface area contributed by atoms with Crippen LogP contribution in [0.2, 0.25) is 0 Å². The van der Waals surface area contributed by atoms with Crippen LogP contribution in [-0.2, 0) is 11.3 Å². The number of rotatable bonds is 6. The minimum Gasteiger partial charge on any atom is -0.392 e. The standard InChI is InChI=1S/C18H28N2O3/c1-14(2)20(12-15(3)21)18(22)17-6-4-5-16(11-17)13-19-7-9-23-10-8-19/h4-6,11,14-15,21H,7-10,12-13H2,1-3H3. The lowest BCUT2D eigenvalue weighted by molar-refractivity contribution is 0.0341. The molecule has 1 fully saturated rings. The molecule has 0 spiro atoms. The van der Waals surface area contributed by atoms with Gasteiger partial charge in [0.1, 0.15) is 0 Å². The Bertz CT molecular complexity index is 511. The fourth-order valence-corrected chi connectivity index (χ4v) is 2.80. The molecule has 5 heteroatoms. The van der Waals surface area contributed by atoms with E-state index in [4.69, 9.17) is 4.74 Å². The van der Waals surface area contributed by atoms with Crippen molar-refractivity contribution in [3.05, 3.63) is 35.4 Å². The molecule has 0 aromatic heterocycles. The zero-order chi connectivity index (χ0) is 16.8. The van der Waals surface area contributed by atoms with Crippen molar-refractivity contribution in [2.75, 3.05) is 32.8 Å². The van der Waals surface area contributed by atoms with Gasteiger partial charge in [-0.3, -0.25) is 9.69 Å². The normalized spacial score (nSPS) is 17.3. The highest BCUT2D eigenvalue weighted by molar-refractivity contribution is 5.94. The molecular formula is C18H28N2O3. The molecule has 1 aliphatic rings. The molecular weight excluding hydrogens is 292 g/mol. The summed E-state index contributed by atoms with van der Waals surface area (Å²) in [7, 11) is 0. The number of carbonyl (C=O) groups is 1. The first-order chi connectivity index (χ1) is 11.0. The summed E-state index contributed by atoms with van der Waals surface area (Å²) in [5.74, 6) is -0.0234. The lowest BCUT2D eigenvalue weighted by Gasteiger charge is -2.29. The summed E-state index contributed by atoms with van der Waals surface area (Å²) in [6, 6.07) is 7.86. The first kappa shape index (κ1) is 17.9. The number of nitrogens with zero attached hydrogens (tertiary/aromatic N) is 2. The molecule has 0 saturated carbocycles. The fraction of sp³-hybridized carbons (Fsp3) is 0.611. The Morgan fingerprint density at radius 3 is 2.61 bits per heavy atom. The van der Waals surface area contributed by atoms with Crippen molar-refractivity contribution in [2.45, 2.75) is 39.5 Å². The second kappa shape index (κ2) is 8.43. The smallest absolute Gasteiger partial charge is 0.254 e. The van der Waals surface area contributed by atoms with Gasteiger partial charge in [0.2, 0.25) is 0 Å². The average molecular weight is 320 g/mol. The molecule has 1 atom stereocenters. The molecule has 1 unspecified atom stereocenters. The summed E-state index contributed by atoms with van der Waals surface area (Å²) in [4.78, 5) is 16.8. The van der Waals surface area contributed by atoms with E-state index in [-0.39, 0.29) is 11.9 Å². The van der Waals surface area contributed by atoms with E-state index < -0.39 is 6.10 Å². The molecule has 1 aliphatic heterocycles. The second-order valence-corrected chi connectivity index (χ2v) is 6.49. The Labute approximate surface area is 138 Å². The number of hydrogen-bond donors (Lipinski definition) is 1. The van der Waals surface area contributed by atoms with Crippen molar-refractivity contribution in [3.8, 4) is 0 Å². The quantitative estimate of drug-likeness (QED) is 0.868. The van der Waals surface area contributed by atoms with Gasteiger partial charge in [-0.1, -0.05) is 12.1 Å². The Morgan fingerprint density at radius 1 is 1.30 bits per heavy atom. The lowest BCUT2D eigenvalue weighted by Crippen LogP contribution is -2.41. The van der Waals surface area contributed by atoms with Crippen LogP contribution in [0.3, 0.4) is 0 Å². The fourth-order valence-electron chi connectivity index (χ4n) is 2.80. The van der Waals surface area contributed by atoms with E-state index in [1.54, 1.807) is 11.8 Å². The third kappa shape index (κ3) is 5.30. The van der Waals surface area contributed by atoms with Gasteiger partial charge in [0, 0.05) is 37.8 Å². The number of carbonyl (C=O) groups excluding carboxylic acids is 1. The van der Waals surface area contributed by atoms with Gasteiger partial charge in [-0.05, 0) is 38.5 Å². The summed E-state index contributed by atoms with van der Waals surface area (Å²) in [5.41, 5.74) is 1.82. The first-order valence-electron chi connectivity index (χ1n) is 8.35. The van der Waals surface area contributed by atoms with E-state index in [9.17, 15) is 9.90 Å². The van der Waals surface area contributed by atoms with Gasteiger partial charge in [-0.25, -0.2) is 0 Å². The minimum absolute atomic E-state index is 0.0234. The molecule has 23 heavy (non-hydrogen) atoms. The maximum absolute atomic E-state index is 12.7. The number of aliphatic hydroxyl groups is 1. The Morgan fingerprint density at radius 2 is 2.00 bits per heavy atom. The number of aliphatic hydroxyl groups excluding tert-OH is 1. The Balaban J connectivity index is 2.09. The molecule has 128 valence electrons. The summed E-state index contributed by atoms with van der Waals surface area (Å²) in [5, 5.41) is 9.63. The molecule has 5 nitrogen and oxygen atoms in total. The predicted octanol–water partition coefficient (Wildman–Crippen LogP) is 1.75. The second-order valence-electron chi connectivity index (χ2n) is 6.49. The maximum Gasteiger partial charge on any atom is 0.254 e. The summed E-state index contributed by atoms with van der Waals surface area (Å²) in [6.07, 6.45) is -0.530. The number of hydrogen-bond acceptors (Lipinski definition) is 4. The molecule has 1 aromatic rings. The van der Waals surface area contributed by atoms with Crippen LogP contribution in [0.15, 0.2) is 24.3 Å². The van der Waals surface area contributed by atoms with Crippen molar-refractivity contribution in [1.29, 1.82) is 0 Å². The number of benzene rings is 1. The maximum atomic E-state index is 12.7. The Kier molecular flexibility index (Phi) is 6.57. The first-order valence-corrected chi connectivity index (χ1v) is 8.35. The lowest BCUT2D eigenvalue weighted by atomic mass is 10.1.